The Bertz CT molecular complexity index is 542. The van der Waals surface area contributed by atoms with Crippen LogP contribution >= 0.6 is 15.9 Å². The van der Waals surface area contributed by atoms with E-state index in [9.17, 15) is 8.42 Å². The largest absolute Gasteiger partial charge is 0.394 e. The van der Waals surface area contributed by atoms with E-state index in [4.69, 9.17) is 14.6 Å². The molecule has 1 fully saturated rings. The lowest BCUT2D eigenvalue weighted by Crippen LogP contribution is -2.36. The summed E-state index contributed by atoms with van der Waals surface area (Å²) < 4.78 is 35.3. The van der Waals surface area contributed by atoms with Crippen LogP contribution in [-0.4, -0.2) is 44.9 Å². The van der Waals surface area contributed by atoms with E-state index in [2.05, 4.69) is 15.9 Å². The summed E-state index contributed by atoms with van der Waals surface area (Å²) in [6.07, 6.45) is 0.623. The number of aliphatic hydroxyl groups is 1. The molecule has 0 amide bonds. The van der Waals surface area contributed by atoms with Gasteiger partial charge in [-0.2, -0.15) is 0 Å². The minimum absolute atomic E-state index is 0.169. The van der Waals surface area contributed by atoms with Crippen LogP contribution < -0.4 is 0 Å². The number of hydrogen-bond acceptors (Lipinski definition) is 5. The van der Waals surface area contributed by atoms with Crippen molar-refractivity contribution in [1.29, 1.82) is 0 Å². The predicted octanol–water partition coefficient (Wildman–Crippen LogP) is 1.05. The molecule has 1 aromatic carbocycles. The zero-order valence-corrected chi connectivity index (χ0v) is 12.8. The van der Waals surface area contributed by atoms with Crippen LogP contribution in [0, 0.1) is 0 Å². The fourth-order valence-electron chi connectivity index (χ4n) is 2.01. The molecule has 1 saturated heterocycles. The lowest BCUT2D eigenvalue weighted by molar-refractivity contribution is -0.162. The second-order valence-corrected chi connectivity index (χ2v) is 7.62. The van der Waals surface area contributed by atoms with Crippen LogP contribution in [0.3, 0.4) is 0 Å². The number of aliphatic hydroxyl groups excluding tert-OH is 1. The molecule has 106 valence electrons. The quantitative estimate of drug-likeness (QED) is 0.878. The van der Waals surface area contributed by atoms with Crippen molar-refractivity contribution in [2.24, 2.45) is 0 Å². The van der Waals surface area contributed by atoms with Gasteiger partial charge < -0.3 is 14.6 Å². The lowest BCUT2D eigenvalue weighted by Gasteiger charge is -2.27. The van der Waals surface area contributed by atoms with E-state index < -0.39 is 21.7 Å². The van der Waals surface area contributed by atoms with Crippen molar-refractivity contribution in [3.05, 3.63) is 34.3 Å². The number of halogens is 1. The van der Waals surface area contributed by atoms with Gasteiger partial charge in [-0.3, -0.25) is 0 Å². The third-order valence-corrected chi connectivity index (χ3v) is 4.23. The Morgan fingerprint density at radius 1 is 1.42 bits per heavy atom. The number of sulfone groups is 1. The van der Waals surface area contributed by atoms with Crippen LogP contribution in [0.5, 0.6) is 0 Å². The van der Waals surface area contributed by atoms with Crippen LogP contribution in [0.25, 0.3) is 0 Å². The van der Waals surface area contributed by atoms with Crippen molar-refractivity contribution in [3.8, 4) is 0 Å². The molecule has 0 aliphatic carbocycles. The summed E-state index contributed by atoms with van der Waals surface area (Å²) in [6.45, 7) is -0.0376. The standard InChI is InChI=1S/C12H15BrO5S/c1-19(15,16)8-12(17-7-11(6-14)18-12)9-2-4-10(13)5-3-9/h2-5,11,14H,6-8H2,1H3. The van der Waals surface area contributed by atoms with Gasteiger partial charge in [-0.05, 0) is 12.1 Å². The molecule has 0 radical (unpaired) electrons. The van der Waals surface area contributed by atoms with Crippen LogP contribution in [0.1, 0.15) is 5.56 Å². The number of benzene rings is 1. The summed E-state index contributed by atoms with van der Waals surface area (Å²) in [4.78, 5) is 0. The molecular weight excluding hydrogens is 336 g/mol. The third kappa shape index (κ3) is 3.55. The highest BCUT2D eigenvalue weighted by Gasteiger charge is 2.45. The van der Waals surface area contributed by atoms with Crippen molar-refractivity contribution in [1.82, 2.24) is 0 Å². The molecule has 0 bridgehead atoms. The molecule has 19 heavy (non-hydrogen) atoms. The third-order valence-electron chi connectivity index (χ3n) is 2.80. The first-order valence-corrected chi connectivity index (χ1v) is 8.56. The Kier molecular flexibility index (Phi) is 4.32. The van der Waals surface area contributed by atoms with E-state index in [1.165, 1.54) is 0 Å². The van der Waals surface area contributed by atoms with Gasteiger partial charge >= 0.3 is 0 Å². The molecule has 0 saturated carbocycles. The molecule has 7 heteroatoms. The summed E-state index contributed by atoms with van der Waals surface area (Å²) in [6, 6.07) is 7.07. The van der Waals surface area contributed by atoms with Crippen LogP contribution in [0.4, 0.5) is 0 Å². The van der Waals surface area contributed by atoms with E-state index in [1.807, 2.05) is 0 Å². The van der Waals surface area contributed by atoms with Crippen molar-refractivity contribution in [2.45, 2.75) is 11.9 Å². The van der Waals surface area contributed by atoms with Crippen molar-refractivity contribution < 1.29 is 23.0 Å². The summed E-state index contributed by atoms with van der Waals surface area (Å²) in [5, 5.41) is 9.13. The van der Waals surface area contributed by atoms with Crippen molar-refractivity contribution in [3.63, 3.8) is 0 Å². The molecule has 2 rings (SSSR count). The van der Waals surface area contributed by atoms with E-state index in [0.717, 1.165) is 10.7 Å². The number of ether oxygens (including phenoxy) is 2. The Hall–Kier alpha value is -0.470. The van der Waals surface area contributed by atoms with Gasteiger partial charge in [0.05, 0.1) is 13.2 Å². The molecule has 2 atom stereocenters. The molecular formula is C12H15BrO5S. The lowest BCUT2D eigenvalue weighted by atomic mass is 10.1. The zero-order chi connectivity index (χ0) is 14.1. The van der Waals surface area contributed by atoms with Gasteiger partial charge in [0, 0.05) is 16.3 Å². The second kappa shape index (κ2) is 5.49. The molecule has 1 N–H and O–H groups in total. The zero-order valence-electron chi connectivity index (χ0n) is 10.4. The first kappa shape index (κ1) is 14.9. The normalized spacial score (nSPS) is 27.6. The Morgan fingerprint density at radius 2 is 2.05 bits per heavy atom. The first-order valence-electron chi connectivity index (χ1n) is 5.71. The molecule has 2 unspecified atom stereocenters. The smallest absolute Gasteiger partial charge is 0.209 e. The Morgan fingerprint density at radius 3 is 2.53 bits per heavy atom. The van der Waals surface area contributed by atoms with Crippen LogP contribution in [-0.2, 0) is 25.1 Å². The first-order chi connectivity index (χ1) is 8.85. The predicted molar refractivity (Wildman–Crippen MR) is 73.4 cm³/mol. The van der Waals surface area contributed by atoms with Crippen molar-refractivity contribution >= 4 is 25.8 Å². The van der Waals surface area contributed by atoms with E-state index in [0.29, 0.717) is 5.56 Å². The highest BCUT2D eigenvalue weighted by molar-refractivity contribution is 9.10. The number of hydrogen-bond donors (Lipinski definition) is 1. The average Bonchev–Trinajstić information content (AvgIpc) is 2.72. The van der Waals surface area contributed by atoms with Gasteiger partial charge in [-0.1, -0.05) is 28.1 Å². The van der Waals surface area contributed by atoms with E-state index in [-0.39, 0.29) is 19.0 Å². The van der Waals surface area contributed by atoms with Crippen LogP contribution in [0.2, 0.25) is 0 Å². The summed E-state index contributed by atoms with van der Waals surface area (Å²) in [5.41, 5.74) is 0.622. The van der Waals surface area contributed by atoms with Gasteiger partial charge in [0.1, 0.15) is 11.9 Å². The fourth-order valence-corrected chi connectivity index (χ4v) is 3.29. The molecule has 0 aromatic heterocycles. The molecule has 1 aliphatic rings. The fraction of sp³-hybridized carbons (Fsp3) is 0.500. The molecule has 5 nitrogen and oxygen atoms in total. The maximum atomic E-state index is 11.6. The van der Waals surface area contributed by atoms with Gasteiger partial charge in [0.25, 0.3) is 0 Å². The maximum Gasteiger partial charge on any atom is 0.209 e. The average molecular weight is 351 g/mol. The summed E-state index contributed by atoms with van der Waals surface area (Å²) in [5.74, 6) is -1.61. The maximum absolute atomic E-state index is 11.6. The molecule has 1 heterocycles. The van der Waals surface area contributed by atoms with Gasteiger partial charge in [-0.15, -0.1) is 0 Å². The second-order valence-electron chi connectivity index (χ2n) is 4.56. The monoisotopic (exact) mass is 350 g/mol. The molecule has 1 aliphatic heterocycles. The van der Waals surface area contributed by atoms with Gasteiger partial charge in [0.2, 0.25) is 5.79 Å². The highest BCUT2D eigenvalue weighted by atomic mass is 79.9. The summed E-state index contributed by atoms with van der Waals surface area (Å²) in [7, 11) is -3.30. The Labute approximate surface area is 120 Å². The van der Waals surface area contributed by atoms with Crippen molar-refractivity contribution in [2.75, 3.05) is 25.2 Å². The van der Waals surface area contributed by atoms with E-state index >= 15 is 0 Å². The molecule has 1 aromatic rings. The minimum atomic E-state index is -3.30. The van der Waals surface area contributed by atoms with Crippen LogP contribution in [0.15, 0.2) is 28.7 Å². The highest BCUT2D eigenvalue weighted by Crippen LogP contribution is 2.36. The topological polar surface area (TPSA) is 72.8 Å². The summed E-state index contributed by atoms with van der Waals surface area (Å²) >= 11 is 3.32. The van der Waals surface area contributed by atoms with Gasteiger partial charge in [0.15, 0.2) is 9.84 Å². The Balaban J connectivity index is 2.37. The minimum Gasteiger partial charge on any atom is -0.394 e. The molecule has 0 spiro atoms. The number of rotatable bonds is 4. The SMILES string of the molecule is CS(=O)(=O)CC1(c2ccc(Br)cc2)OCC(CO)O1. The van der Waals surface area contributed by atoms with E-state index in [1.54, 1.807) is 24.3 Å². The van der Waals surface area contributed by atoms with Gasteiger partial charge in [-0.25, -0.2) is 8.42 Å².